The number of aliphatic hydroxyl groups excluding tert-OH is 1. The molecule has 4 saturated heterocycles. The van der Waals surface area contributed by atoms with Gasteiger partial charge in [-0.1, -0.05) is 48.5 Å². The number of nitrogens with zero attached hydrogens (tertiary/aromatic N) is 8. The maximum Gasteiger partial charge on any atom is 0.401 e. The highest BCUT2D eigenvalue weighted by Crippen LogP contribution is 2.31. The zero-order valence-corrected chi connectivity index (χ0v) is 45.0. The maximum absolute atomic E-state index is 13.4. The van der Waals surface area contributed by atoms with Crippen molar-refractivity contribution in [2.24, 2.45) is 0 Å². The first-order valence-electron chi connectivity index (χ1n) is 27.1. The molecule has 0 aliphatic carbocycles. The third-order valence-electron chi connectivity index (χ3n) is 15.7. The van der Waals surface area contributed by atoms with Gasteiger partial charge in [-0.05, 0) is 137 Å². The van der Waals surface area contributed by atoms with Gasteiger partial charge in [0.05, 0.1) is 52.9 Å². The number of para-hydroxylation sites is 3. The first kappa shape index (κ1) is 56.4. The number of piperazine rings is 1. The van der Waals surface area contributed by atoms with E-state index in [-0.39, 0.29) is 43.5 Å². The molecule has 4 fully saturated rings. The number of aryl methyl sites for hydroxylation is 4. The summed E-state index contributed by atoms with van der Waals surface area (Å²) in [5.41, 5.74) is 12.0. The van der Waals surface area contributed by atoms with Gasteiger partial charge in [-0.3, -0.25) is 14.5 Å². The lowest BCUT2D eigenvalue weighted by molar-refractivity contribution is -0.156. The number of aliphatic hydroxyl groups is 1. The lowest BCUT2D eigenvalue weighted by atomic mass is 9.98. The molecule has 78 heavy (non-hydrogen) atoms. The Labute approximate surface area is 456 Å². The van der Waals surface area contributed by atoms with Crippen LogP contribution in [0.3, 0.4) is 0 Å². The SMILES string of the molecule is Cc1cc(C)c(C(=O)N2CCN(CC(F)(F)F)[C@@H](CO)C2)cc1NC1CCN(c2ccccc2C#N)CC1.Cc1cc(C)c(C(=O)NC2CCN(c3ccccc3C#N)CC2)cc1NC1CCN(c2ccccc2C#N)CC1. The molecule has 2 amide bonds. The average Bonchev–Trinajstić information content (AvgIpc) is 3.45. The van der Waals surface area contributed by atoms with E-state index >= 15 is 0 Å². The Morgan fingerprint density at radius 2 is 0.962 bits per heavy atom. The van der Waals surface area contributed by atoms with Crippen LogP contribution in [-0.4, -0.2) is 129 Å². The summed E-state index contributed by atoms with van der Waals surface area (Å²) in [5, 5.41) is 48.6. The lowest BCUT2D eigenvalue weighted by Gasteiger charge is -2.41. The molecule has 14 nitrogen and oxygen atoms in total. The molecule has 17 heteroatoms. The Morgan fingerprint density at radius 3 is 1.37 bits per heavy atom. The molecule has 4 heterocycles. The fraction of sp³-hybridized carbons (Fsp3) is 0.426. The van der Waals surface area contributed by atoms with Gasteiger partial charge in [0.25, 0.3) is 11.8 Å². The van der Waals surface area contributed by atoms with Crippen LogP contribution < -0.4 is 30.7 Å². The number of benzene rings is 5. The minimum atomic E-state index is -4.36. The Hall–Kier alpha value is -7.78. The van der Waals surface area contributed by atoms with E-state index in [1.54, 1.807) is 4.90 Å². The summed E-state index contributed by atoms with van der Waals surface area (Å²) in [4.78, 5) is 36.3. The van der Waals surface area contributed by atoms with Crippen molar-refractivity contribution in [1.82, 2.24) is 15.1 Å². The minimum Gasteiger partial charge on any atom is -0.395 e. The minimum absolute atomic E-state index is 0.0284. The molecule has 1 atom stereocenters. The van der Waals surface area contributed by atoms with Crippen LogP contribution in [0.2, 0.25) is 0 Å². The number of hydrogen-bond acceptors (Lipinski definition) is 12. The topological polar surface area (TPSA) is 178 Å². The van der Waals surface area contributed by atoms with Crippen molar-refractivity contribution in [2.75, 3.05) is 97.4 Å². The summed E-state index contributed by atoms with van der Waals surface area (Å²) in [6.07, 6.45) is 0.989. The number of carbonyl (C=O) groups excluding carboxylic acids is 2. The van der Waals surface area contributed by atoms with Gasteiger partial charge in [-0.25, -0.2) is 0 Å². The third kappa shape index (κ3) is 13.8. The Balaban J connectivity index is 0.000000206. The molecule has 0 saturated carbocycles. The van der Waals surface area contributed by atoms with Crippen molar-refractivity contribution in [3.63, 3.8) is 0 Å². The maximum atomic E-state index is 13.4. The predicted octanol–water partition coefficient (Wildman–Crippen LogP) is 9.46. The van der Waals surface area contributed by atoms with E-state index in [0.717, 1.165) is 134 Å². The number of piperidine rings is 3. The van der Waals surface area contributed by atoms with Crippen LogP contribution in [0.1, 0.15) is 98.2 Å². The monoisotopic (exact) mass is 1060 g/mol. The predicted molar refractivity (Wildman–Crippen MR) is 300 cm³/mol. The number of rotatable bonds is 12. The first-order chi connectivity index (χ1) is 37.6. The molecule has 0 bridgehead atoms. The Kier molecular flexibility index (Phi) is 18.5. The smallest absolute Gasteiger partial charge is 0.395 e. The second-order valence-electron chi connectivity index (χ2n) is 21.1. The third-order valence-corrected chi connectivity index (χ3v) is 15.7. The van der Waals surface area contributed by atoms with E-state index in [0.29, 0.717) is 28.3 Å². The van der Waals surface area contributed by atoms with Crippen LogP contribution in [-0.2, 0) is 0 Å². The number of nitrogens with one attached hydrogen (secondary N) is 3. The van der Waals surface area contributed by atoms with Crippen molar-refractivity contribution in [2.45, 2.75) is 96.6 Å². The van der Waals surface area contributed by atoms with Crippen LogP contribution in [0.4, 0.5) is 41.6 Å². The van der Waals surface area contributed by atoms with Gasteiger partial charge in [0.1, 0.15) is 18.2 Å². The van der Waals surface area contributed by atoms with E-state index in [9.17, 15) is 43.7 Å². The molecule has 0 radical (unpaired) electrons. The van der Waals surface area contributed by atoms with Crippen LogP contribution in [0.25, 0.3) is 0 Å². The normalized spacial score (nSPS) is 17.7. The fourth-order valence-corrected chi connectivity index (χ4v) is 11.4. The van der Waals surface area contributed by atoms with Gasteiger partial charge >= 0.3 is 6.18 Å². The second kappa shape index (κ2) is 25.6. The van der Waals surface area contributed by atoms with Gasteiger partial charge in [0.2, 0.25) is 0 Å². The quantitative estimate of drug-likeness (QED) is 0.0932. The van der Waals surface area contributed by atoms with E-state index in [4.69, 9.17) is 0 Å². The zero-order valence-electron chi connectivity index (χ0n) is 45.0. The molecule has 4 aliphatic heterocycles. The standard InChI is InChI=1S/C33H36N6O.C28H34F3N5O2/c1-23-19-24(2)30(36-27-11-15-38(16-12-27)31-9-5-3-7-25(31)21-34)20-29(23)33(40)37-28-13-17-39(18-14-28)32-10-6-4-8-26(32)22-35;1-19-13-20(2)25(33-22-7-9-34(10-8-22)26-6-4-3-5-21(26)15-32)14-24(19)27(38)35-11-12-36(18-28(29,30)31)23(16-35)17-37/h3-10,19-20,27-28,36H,11-18H2,1-2H3,(H,37,40);3-6,13-14,22-23,33,37H,7-12,16-18H2,1-2H3/t;23-/m.1/s1. The highest BCUT2D eigenvalue weighted by Gasteiger charge is 2.38. The summed E-state index contributed by atoms with van der Waals surface area (Å²) in [6.45, 7) is 11.6. The number of carbonyl (C=O) groups is 2. The first-order valence-corrected chi connectivity index (χ1v) is 27.1. The van der Waals surface area contributed by atoms with Crippen LogP contribution in [0, 0.1) is 61.7 Å². The van der Waals surface area contributed by atoms with E-state index in [2.05, 4.69) is 61.8 Å². The molecular weight excluding hydrogens is 992 g/mol. The van der Waals surface area contributed by atoms with Crippen LogP contribution in [0.15, 0.2) is 97.1 Å². The molecular formula is C61H70F3N11O3. The molecule has 0 unspecified atom stereocenters. The number of amides is 2. The van der Waals surface area contributed by atoms with Gasteiger partial charge in [0.15, 0.2) is 0 Å². The molecule has 4 N–H and O–H groups in total. The molecule has 4 aliphatic rings. The number of halogens is 3. The van der Waals surface area contributed by atoms with Crippen molar-refractivity contribution in [3.8, 4) is 18.2 Å². The number of nitriles is 3. The van der Waals surface area contributed by atoms with Crippen molar-refractivity contribution < 1.29 is 27.9 Å². The zero-order chi connectivity index (χ0) is 55.5. The molecule has 0 spiro atoms. The van der Waals surface area contributed by atoms with Gasteiger partial charge in [-0.15, -0.1) is 0 Å². The van der Waals surface area contributed by atoms with E-state index < -0.39 is 25.4 Å². The molecule has 0 aromatic heterocycles. The average molecular weight is 1060 g/mol. The number of hydrogen-bond donors (Lipinski definition) is 4. The van der Waals surface area contributed by atoms with Gasteiger partial charge in [0, 0.05) is 99.5 Å². The summed E-state index contributed by atoms with van der Waals surface area (Å²) in [7, 11) is 0. The summed E-state index contributed by atoms with van der Waals surface area (Å²) in [5.74, 6) is -0.266. The highest BCUT2D eigenvalue weighted by molar-refractivity contribution is 5.98. The van der Waals surface area contributed by atoms with Crippen molar-refractivity contribution in [1.29, 1.82) is 15.8 Å². The Morgan fingerprint density at radius 1 is 0.564 bits per heavy atom. The Bertz CT molecular complexity index is 3050. The number of anilines is 5. The largest absolute Gasteiger partial charge is 0.401 e. The van der Waals surface area contributed by atoms with E-state index in [1.807, 2.05) is 112 Å². The highest BCUT2D eigenvalue weighted by atomic mass is 19.4. The van der Waals surface area contributed by atoms with Crippen molar-refractivity contribution >= 4 is 40.3 Å². The molecule has 5 aromatic rings. The molecule has 408 valence electrons. The van der Waals surface area contributed by atoms with Crippen LogP contribution >= 0.6 is 0 Å². The van der Waals surface area contributed by atoms with E-state index in [1.165, 1.54) is 4.90 Å². The van der Waals surface area contributed by atoms with Gasteiger partial charge < -0.3 is 40.7 Å². The van der Waals surface area contributed by atoms with Crippen molar-refractivity contribution in [3.05, 3.63) is 147 Å². The second-order valence-corrected chi connectivity index (χ2v) is 21.1. The molecule has 9 rings (SSSR count). The lowest BCUT2D eigenvalue weighted by Crippen LogP contribution is -2.58. The fourth-order valence-electron chi connectivity index (χ4n) is 11.4. The van der Waals surface area contributed by atoms with Gasteiger partial charge in [-0.2, -0.15) is 29.0 Å². The number of alkyl halides is 3. The molecule has 5 aromatic carbocycles. The summed E-state index contributed by atoms with van der Waals surface area (Å²) in [6, 6.07) is 37.7. The summed E-state index contributed by atoms with van der Waals surface area (Å²) >= 11 is 0. The summed E-state index contributed by atoms with van der Waals surface area (Å²) < 4.78 is 38.7. The van der Waals surface area contributed by atoms with Crippen LogP contribution in [0.5, 0.6) is 0 Å².